The predicted octanol–water partition coefficient (Wildman–Crippen LogP) is 2.02. The molecule has 3 heteroatoms. The molecule has 1 N–H and O–H groups in total. The zero-order valence-electron chi connectivity index (χ0n) is 12.0. The van der Waals surface area contributed by atoms with Gasteiger partial charge in [-0.25, -0.2) is 0 Å². The van der Waals surface area contributed by atoms with Crippen LogP contribution in [0.4, 0.5) is 0 Å². The third-order valence-corrected chi connectivity index (χ3v) is 5.46. The minimum Gasteiger partial charge on any atom is -0.381 e. The SMILES string of the molecule is CC1(C2CC2)CN(C2(C)CCOCC2)CCCN1. The molecule has 18 heavy (non-hydrogen) atoms. The number of ether oxygens (including phenoxy) is 1. The maximum absolute atomic E-state index is 5.56. The molecule has 2 aliphatic heterocycles. The van der Waals surface area contributed by atoms with Crippen LogP contribution < -0.4 is 5.32 Å². The molecule has 0 radical (unpaired) electrons. The van der Waals surface area contributed by atoms with Gasteiger partial charge in [0.05, 0.1) is 0 Å². The highest BCUT2D eigenvalue weighted by molar-refractivity contribution is 5.03. The normalized spacial score (nSPS) is 38.3. The first-order chi connectivity index (χ1) is 8.62. The number of hydrogen-bond acceptors (Lipinski definition) is 3. The van der Waals surface area contributed by atoms with E-state index in [2.05, 4.69) is 24.1 Å². The lowest BCUT2D eigenvalue weighted by Gasteiger charge is -2.46. The number of hydrogen-bond donors (Lipinski definition) is 1. The summed E-state index contributed by atoms with van der Waals surface area (Å²) in [4.78, 5) is 2.77. The summed E-state index contributed by atoms with van der Waals surface area (Å²) < 4.78 is 5.56. The molecule has 0 aromatic rings. The molecule has 3 rings (SSSR count). The van der Waals surface area contributed by atoms with E-state index < -0.39 is 0 Å². The Morgan fingerprint density at radius 3 is 2.56 bits per heavy atom. The summed E-state index contributed by atoms with van der Waals surface area (Å²) in [5, 5.41) is 3.83. The molecule has 104 valence electrons. The van der Waals surface area contributed by atoms with E-state index in [9.17, 15) is 0 Å². The van der Waals surface area contributed by atoms with Gasteiger partial charge in [0.1, 0.15) is 0 Å². The van der Waals surface area contributed by atoms with Crippen molar-refractivity contribution in [1.29, 1.82) is 0 Å². The monoisotopic (exact) mass is 252 g/mol. The summed E-state index contributed by atoms with van der Waals surface area (Å²) in [6, 6.07) is 0. The summed E-state index contributed by atoms with van der Waals surface area (Å²) in [6.45, 7) is 10.5. The zero-order valence-corrected chi connectivity index (χ0v) is 12.0. The van der Waals surface area contributed by atoms with Crippen molar-refractivity contribution in [2.45, 2.75) is 57.0 Å². The summed E-state index contributed by atoms with van der Waals surface area (Å²) in [5.74, 6) is 0.918. The van der Waals surface area contributed by atoms with Crippen LogP contribution in [0.2, 0.25) is 0 Å². The zero-order chi connectivity index (χ0) is 12.6. The fourth-order valence-corrected chi connectivity index (χ4v) is 3.76. The van der Waals surface area contributed by atoms with Gasteiger partial charge < -0.3 is 10.1 Å². The summed E-state index contributed by atoms with van der Waals surface area (Å²) >= 11 is 0. The minimum absolute atomic E-state index is 0.359. The van der Waals surface area contributed by atoms with E-state index in [1.807, 2.05) is 0 Å². The van der Waals surface area contributed by atoms with Gasteiger partial charge >= 0.3 is 0 Å². The number of nitrogens with one attached hydrogen (secondary N) is 1. The molecule has 3 fully saturated rings. The molecular formula is C15H28N2O. The van der Waals surface area contributed by atoms with Crippen molar-refractivity contribution in [3.05, 3.63) is 0 Å². The standard InChI is InChI=1S/C15H28N2O/c1-14(6-10-18-11-7-14)17-9-3-8-16-15(2,12-17)13-4-5-13/h13,16H,3-12H2,1-2H3. The maximum Gasteiger partial charge on any atom is 0.0483 e. The Balaban J connectivity index is 1.73. The van der Waals surface area contributed by atoms with Crippen molar-refractivity contribution in [3.8, 4) is 0 Å². The van der Waals surface area contributed by atoms with E-state index in [1.54, 1.807) is 0 Å². The van der Waals surface area contributed by atoms with Gasteiger partial charge in [0.25, 0.3) is 0 Å². The van der Waals surface area contributed by atoms with Crippen LogP contribution >= 0.6 is 0 Å². The number of nitrogens with zero attached hydrogens (tertiary/aromatic N) is 1. The highest BCUT2D eigenvalue weighted by atomic mass is 16.5. The molecule has 2 heterocycles. The summed E-state index contributed by atoms with van der Waals surface area (Å²) in [5.41, 5.74) is 0.734. The van der Waals surface area contributed by atoms with Crippen LogP contribution in [0.25, 0.3) is 0 Å². The van der Waals surface area contributed by atoms with Crippen LogP contribution in [0.5, 0.6) is 0 Å². The smallest absolute Gasteiger partial charge is 0.0483 e. The van der Waals surface area contributed by atoms with Crippen LogP contribution in [0, 0.1) is 5.92 Å². The van der Waals surface area contributed by atoms with Gasteiger partial charge in [-0.3, -0.25) is 4.90 Å². The molecule has 0 bridgehead atoms. The van der Waals surface area contributed by atoms with E-state index >= 15 is 0 Å². The Kier molecular flexibility index (Phi) is 3.41. The average Bonchev–Trinajstić information content (AvgIpc) is 3.16. The van der Waals surface area contributed by atoms with E-state index in [1.165, 1.54) is 51.7 Å². The molecule has 3 nitrogen and oxygen atoms in total. The van der Waals surface area contributed by atoms with Gasteiger partial charge in [0, 0.05) is 30.8 Å². The highest BCUT2D eigenvalue weighted by Crippen LogP contribution is 2.42. The molecular weight excluding hydrogens is 224 g/mol. The topological polar surface area (TPSA) is 24.5 Å². The molecule has 0 aromatic heterocycles. The van der Waals surface area contributed by atoms with Gasteiger partial charge in [-0.05, 0) is 65.0 Å². The van der Waals surface area contributed by atoms with Crippen LogP contribution in [-0.4, -0.2) is 48.8 Å². The van der Waals surface area contributed by atoms with Crippen LogP contribution in [0.3, 0.4) is 0 Å². The van der Waals surface area contributed by atoms with E-state index in [-0.39, 0.29) is 0 Å². The second kappa shape index (κ2) is 4.77. The lowest BCUT2D eigenvalue weighted by atomic mass is 9.87. The van der Waals surface area contributed by atoms with E-state index in [0.717, 1.165) is 19.1 Å². The second-order valence-corrected chi connectivity index (χ2v) is 7.00. The van der Waals surface area contributed by atoms with Gasteiger partial charge in [-0.2, -0.15) is 0 Å². The van der Waals surface area contributed by atoms with Crippen LogP contribution in [0.15, 0.2) is 0 Å². The Hall–Kier alpha value is -0.120. The third kappa shape index (κ3) is 2.45. The second-order valence-electron chi connectivity index (χ2n) is 7.00. The lowest BCUT2D eigenvalue weighted by molar-refractivity contribution is -0.0261. The minimum atomic E-state index is 0.359. The molecule has 0 spiro atoms. The maximum atomic E-state index is 5.56. The fraction of sp³-hybridized carbons (Fsp3) is 1.00. The number of rotatable bonds is 2. The molecule has 0 aromatic carbocycles. The van der Waals surface area contributed by atoms with Gasteiger partial charge in [0.15, 0.2) is 0 Å². The van der Waals surface area contributed by atoms with E-state index in [4.69, 9.17) is 4.74 Å². The molecule has 1 atom stereocenters. The van der Waals surface area contributed by atoms with Crippen molar-refractivity contribution in [2.24, 2.45) is 5.92 Å². The first-order valence-corrected chi connectivity index (χ1v) is 7.70. The van der Waals surface area contributed by atoms with Crippen molar-refractivity contribution in [2.75, 3.05) is 32.8 Å². The molecule has 1 unspecified atom stereocenters. The van der Waals surface area contributed by atoms with Gasteiger partial charge in [-0.1, -0.05) is 0 Å². The van der Waals surface area contributed by atoms with Crippen molar-refractivity contribution in [3.63, 3.8) is 0 Å². The first-order valence-electron chi connectivity index (χ1n) is 7.70. The Morgan fingerprint density at radius 2 is 1.89 bits per heavy atom. The Morgan fingerprint density at radius 1 is 1.17 bits per heavy atom. The predicted molar refractivity (Wildman–Crippen MR) is 73.8 cm³/mol. The Bertz CT molecular complexity index is 297. The summed E-state index contributed by atoms with van der Waals surface area (Å²) in [6.07, 6.45) is 6.55. The molecule has 1 aliphatic carbocycles. The third-order valence-electron chi connectivity index (χ3n) is 5.46. The van der Waals surface area contributed by atoms with Crippen molar-refractivity contribution in [1.82, 2.24) is 10.2 Å². The average molecular weight is 252 g/mol. The van der Waals surface area contributed by atoms with Crippen molar-refractivity contribution >= 4 is 0 Å². The first kappa shape index (κ1) is 12.9. The molecule has 0 amide bonds. The summed E-state index contributed by atoms with van der Waals surface area (Å²) in [7, 11) is 0. The van der Waals surface area contributed by atoms with Crippen LogP contribution in [-0.2, 0) is 4.74 Å². The van der Waals surface area contributed by atoms with Crippen molar-refractivity contribution < 1.29 is 4.74 Å². The Labute approximate surface area is 111 Å². The molecule has 3 aliphatic rings. The van der Waals surface area contributed by atoms with Gasteiger partial charge in [0.2, 0.25) is 0 Å². The highest BCUT2D eigenvalue weighted by Gasteiger charge is 2.46. The van der Waals surface area contributed by atoms with E-state index in [0.29, 0.717) is 11.1 Å². The van der Waals surface area contributed by atoms with Crippen LogP contribution in [0.1, 0.15) is 46.0 Å². The fourth-order valence-electron chi connectivity index (χ4n) is 3.76. The molecule has 2 saturated heterocycles. The molecule has 1 saturated carbocycles. The lowest BCUT2D eigenvalue weighted by Crippen LogP contribution is -2.57. The largest absolute Gasteiger partial charge is 0.381 e. The van der Waals surface area contributed by atoms with Gasteiger partial charge in [-0.15, -0.1) is 0 Å². The quantitative estimate of drug-likeness (QED) is 0.814.